The van der Waals surface area contributed by atoms with Crippen LogP contribution in [0.1, 0.15) is 33.0 Å². The van der Waals surface area contributed by atoms with Gasteiger partial charge in [-0.1, -0.05) is 6.07 Å². The Labute approximate surface area is 180 Å². The summed E-state index contributed by atoms with van der Waals surface area (Å²) < 4.78 is 2.29. The van der Waals surface area contributed by atoms with Crippen LogP contribution in [-0.2, 0) is 13.0 Å². The molecule has 3 aromatic rings. The van der Waals surface area contributed by atoms with Crippen LogP contribution in [0.2, 0.25) is 0 Å². The maximum absolute atomic E-state index is 13.1. The molecule has 0 aliphatic carbocycles. The van der Waals surface area contributed by atoms with Gasteiger partial charge in [-0.2, -0.15) is 0 Å². The predicted octanol–water partition coefficient (Wildman–Crippen LogP) is 4.26. The first-order chi connectivity index (χ1) is 14.1. The van der Waals surface area contributed by atoms with Gasteiger partial charge in [-0.05, 0) is 44.2 Å². The lowest BCUT2D eigenvalue weighted by molar-refractivity contribution is 0.0934. The third-order valence-electron chi connectivity index (χ3n) is 5.68. The smallest absolute Gasteiger partial charge is 0.185 e. The molecular weight excluding hydrogens is 400 g/mol. The second-order valence-electron chi connectivity index (χ2n) is 7.62. The Morgan fingerprint density at radius 3 is 2.79 bits per heavy atom. The van der Waals surface area contributed by atoms with E-state index in [2.05, 4.69) is 56.8 Å². The first-order valence-corrected chi connectivity index (χ1v) is 12.0. The number of hydrogen-bond acceptors (Lipinski definition) is 6. The Kier molecular flexibility index (Phi) is 6.47. The SMILES string of the molecule is Cc1cc(C(=O)CN2CCCN(c3nccs3)CC2)c(C)n1CCc1cccs1. The van der Waals surface area contributed by atoms with Gasteiger partial charge in [-0.15, -0.1) is 22.7 Å². The van der Waals surface area contributed by atoms with E-state index in [0.717, 1.165) is 62.0 Å². The Morgan fingerprint density at radius 1 is 1.14 bits per heavy atom. The van der Waals surface area contributed by atoms with Gasteiger partial charge in [0.25, 0.3) is 0 Å². The summed E-state index contributed by atoms with van der Waals surface area (Å²) in [6.45, 7) is 9.43. The van der Waals surface area contributed by atoms with Crippen LogP contribution in [0, 0.1) is 13.8 Å². The molecule has 0 saturated carbocycles. The summed E-state index contributed by atoms with van der Waals surface area (Å²) >= 11 is 3.48. The lowest BCUT2D eigenvalue weighted by Crippen LogP contribution is -2.34. The molecule has 4 heterocycles. The van der Waals surface area contributed by atoms with Crippen molar-refractivity contribution in [3.63, 3.8) is 0 Å². The normalized spacial score (nSPS) is 15.6. The molecule has 154 valence electrons. The van der Waals surface area contributed by atoms with Crippen LogP contribution < -0.4 is 4.90 Å². The Bertz CT molecular complexity index is 931. The van der Waals surface area contributed by atoms with Crippen LogP contribution in [0.4, 0.5) is 5.13 Å². The van der Waals surface area contributed by atoms with Gasteiger partial charge in [-0.3, -0.25) is 9.69 Å². The number of thiazole rings is 1. The second kappa shape index (κ2) is 9.24. The molecule has 0 spiro atoms. The standard InChI is InChI=1S/C22H28N4OS2/c1-17-15-20(18(2)26(17)10-6-19-5-3-13-28-19)21(27)16-24-8-4-9-25(12-11-24)22-23-7-14-29-22/h3,5,7,13-15H,4,6,8-12,16H2,1-2H3. The molecule has 3 aromatic heterocycles. The van der Waals surface area contributed by atoms with Gasteiger partial charge in [0, 0.05) is 66.1 Å². The molecule has 1 aliphatic rings. The van der Waals surface area contributed by atoms with Crippen molar-refractivity contribution in [1.82, 2.24) is 14.5 Å². The summed E-state index contributed by atoms with van der Waals surface area (Å²) in [7, 11) is 0. The molecule has 0 unspecified atom stereocenters. The van der Waals surface area contributed by atoms with E-state index in [1.54, 1.807) is 22.7 Å². The van der Waals surface area contributed by atoms with Crippen molar-refractivity contribution in [2.75, 3.05) is 37.6 Å². The highest BCUT2D eigenvalue weighted by atomic mass is 32.1. The number of ketones is 1. The lowest BCUT2D eigenvalue weighted by Gasteiger charge is -2.21. The van der Waals surface area contributed by atoms with Gasteiger partial charge in [-0.25, -0.2) is 4.98 Å². The van der Waals surface area contributed by atoms with Crippen LogP contribution in [0.5, 0.6) is 0 Å². The summed E-state index contributed by atoms with van der Waals surface area (Å²) in [6.07, 6.45) is 3.94. The van der Waals surface area contributed by atoms with E-state index in [4.69, 9.17) is 0 Å². The number of aromatic nitrogens is 2. The van der Waals surface area contributed by atoms with Crippen LogP contribution in [-0.4, -0.2) is 53.0 Å². The maximum atomic E-state index is 13.1. The number of carbonyl (C=O) groups is 1. The first kappa shape index (κ1) is 20.3. The molecule has 7 heteroatoms. The predicted molar refractivity (Wildman–Crippen MR) is 122 cm³/mol. The van der Waals surface area contributed by atoms with Gasteiger partial charge >= 0.3 is 0 Å². The molecule has 1 fully saturated rings. The van der Waals surface area contributed by atoms with Crippen molar-refractivity contribution in [1.29, 1.82) is 0 Å². The van der Waals surface area contributed by atoms with E-state index >= 15 is 0 Å². The van der Waals surface area contributed by atoms with Crippen LogP contribution in [0.25, 0.3) is 0 Å². The molecular formula is C22H28N4OS2. The molecule has 1 saturated heterocycles. The number of nitrogens with zero attached hydrogens (tertiary/aromatic N) is 4. The number of thiophene rings is 1. The van der Waals surface area contributed by atoms with Crippen molar-refractivity contribution in [2.24, 2.45) is 0 Å². The van der Waals surface area contributed by atoms with Crippen molar-refractivity contribution in [3.8, 4) is 0 Å². The van der Waals surface area contributed by atoms with Crippen molar-refractivity contribution in [3.05, 3.63) is 57.0 Å². The summed E-state index contributed by atoms with van der Waals surface area (Å²) in [5, 5.41) is 5.24. The first-order valence-electron chi connectivity index (χ1n) is 10.2. The molecule has 0 atom stereocenters. The molecule has 0 radical (unpaired) electrons. The zero-order valence-corrected chi connectivity index (χ0v) is 18.8. The van der Waals surface area contributed by atoms with Crippen LogP contribution >= 0.6 is 22.7 Å². The van der Waals surface area contributed by atoms with Gasteiger partial charge in [0.05, 0.1) is 6.54 Å². The van der Waals surface area contributed by atoms with Crippen molar-refractivity contribution < 1.29 is 4.79 Å². The van der Waals surface area contributed by atoms with E-state index < -0.39 is 0 Å². The quantitative estimate of drug-likeness (QED) is 0.527. The lowest BCUT2D eigenvalue weighted by atomic mass is 10.1. The zero-order valence-electron chi connectivity index (χ0n) is 17.1. The number of rotatable bonds is 7. The van der Waals surface area contributed by atoms with Gasteiger partial charge < -0.3 is 9.47 Å². The zero-order chi connectivity index (χ0) is 20.2. The minimum atomic E-state index is 0.239. The molecule has 5 nitrogen and oxygen atoms in total. The third kappa shape index (κ3) is 4.79. The fraction of sp³-hybridized carbons (Fsp3) is 0.455. The molecule has 1 aliphatic heterocycles. The maximum Gasteiger partial charge on any atom is 0.185 e. The largest absolute Gasteiger partial charge is 0.348 e. The Balaban J connectivity index is 1.37. The van der Waals surface area contributed by atoms with Gasteiger partial charge in [0.1, 0.15) is 0 Å². The minimum absolute atomic E-state index is 0.239. The highest BCUT2D eigenvalue weighted by Gasteiger charge is 2.21. The highest BCUT2D eigenvalue weighted by molar-refractivity contribution is 7.13. The van der Waals surface area contributed by atoms with Crippen LogP contribution in [0.3, 0.4) is 0 Å². The van der Waals surface area contributed by atoms with Crippen molar-refractivity contribution >= 4 is 33.6 Å². The summed E-state index contributed by atoms with van der Waals surface area (Å²) in [5.41, 5.74) is 3.16. The number of hydrogen-bond donors (Lipinski definition) is 0. The number of aryl methyl sites for hydroxylation is 2. The number of Topliss-reactive ketones (excluding diaryl/α,β-unsaturated/α-hetero) is 1. The number of anilines is 1. The van der Waals surface area contributed by atoms with E-state index in [1.165, 1.54) is 10.6 Å². The highest BCUT2D eigenvalue weighted by Crippen LogP contribution is 2.21. The molecule has 0 bridgehead atoms. The van der Waals surface area contributed by atoms with E-state index in [1.807, 2.05) is 11.6 Å². The van der Waals surface area contributed by atoms with Crippen LogP contribution in [0.15, 0.2) is 35.2 Å². The fourth-order valence-corrected chi connectivity index (χ4v) is 5.48. The summed E-state index contributed by atoms with van der Waals surface area (Å²) in [4.78, 5) is 23.5. The van der Waals surface area contributed by atoms with E-state index in [-0.39, 0.29) is 5.78 Å². The van der Waals surface area contributed by atoms with E-state index in [9.17, 15) is 4.79 Å². The number of carbonyl (C=O) groups excluding carboxylic acids is 1. The van der Waals surface area contributed by atoms with Gasteiger partial charge in [0.15, 0.2) is 10.9 Å². The summed E-state index contributed by atoms with van der Waals surface area (Å²) in [5.74, 6) is 0.239. The fourth-order valence-electron chi connectivity index (χ4n) is 4.08. The molecule has 0 N–H and O–H groups in total. The Hall–Kier alpha value is -1.96. The molecule has 0 amide bonds. The average molecular weight is 429 g/mol. The van der Waals surface area contributed by atoms with E-state index in [0.29, 0.717) is 6.54 Å². The molecule has 0 aromatic carbocycles. The van der Waals surface area contributed by atoms with Gasteiger partial charge in [0.2, 0.25) is 0 Å². The topological polar surface area (TPSA) is 41.4 Å². The second-order valence-corrected chi connectivity index (χ2v) is 9.53. The summed E-state index contributed by atoms with van der Waals surface area (Å²) in [6, 6.07) is 6.35. The molecule has 29 heavy (non-hydrogen) atoms. The average Bonchev–Trinajstić information content (AvgIpc) is 3.43. The third-order valence-corrected chi connectivity index (χ3v) is 7.45. The Morgan fingerprint density at radius 2 is 2.03 bits per heavy atom. The van der Waals surface area contributed by atoms with Crippen molar-refractivity contribution in [2.45, 2.75) is 33.2 Å². The minimum Gasteiger partial charge on any atom is -0.348 e. The monoisotopic (exact) mass is 428 g/mol. The molecule has 4 rings (SSSR count).